The van der Waals surface area contributed by atoms with Crippen molar-refractivity contribution in [3.63, 3.8) is 0 Å². The molecule has 8 heteroatoms. The second kappa shape index (κ2) is 6.96. The summed E-state index contributed by atoms with van der Waals surface area (Å²) in [6, 6.07) is 15.4. The Hall–Kier alpha value is -1.83. The highest BCUT2D eigenvalue weighted by molar-refractivity contribution is 9.10. The first-order chi connectivity index (χ1) is 11.4. The number of nitrogens with one attached hydrogen (secondary N) is 1. The molecule has 0 aliphatic heterocycles. The molecule has 0 bridgehead atoms. The smallest absolute Gasteiger partial charge is 0.263 e. The molecule has 1 aromatic heterocycles. The average Bonchev–Trinajstić information content (AvgIpc) is 2.96. The molecule has 3 rings (SSSR count). The Balaban J connectivity index is 1.76. The summed E-state index contributed by atoms with van der Waals surface area (Å²) in [6.45, 7) is 0.458. The van der Waals surface area contributed by atoms with Crippen LogP contribution in [0.15, 0.2) is 70.2 Å². The van der Waals surface area contributed by atoms with E-state index in [1.54, 1.807) is 35.1 Å². The fourth-order valence-corrected chi connectivity index (χ4v) is 3.57. The van der Waals surface area contributed by atoms with Crippen LogP contribution >= 0.6 is 27.5 Å². The van der Waals surface area contributed by atoms with E-state index in [0.29, 0.717) is 11.6 Å². The zero-order valence-corrected chi connectivity index (χ0v) is 15.5. The maximum Gasteiger partial charge on any atom is 0.263 e. The number of benzene rings is 2. The Morgan fingerprint density at radius 2 is 1.79 bits per heavy atom. The van der Waals surface area contributed by atoms with Crippen LogP contribution in [0.4, 0.5) is 5.82 Å². The SMILES string of the molecule is O=S(=O)(Nc1ccn(Cc2ccccc2Cl)n1)c1ccc(Br)cc1. The van der Waals surface area contributed by atoms with Gasteiger partial charge >= 0.3 is 0 Å². The Labute approximate surface area is 153 Å². The van der Waals surface area contributed by atoms with Crippen molar-refractivity contribution in [2.24, 2.45) is 0 Å². The lowest BCUT2D eigenvalue weighted by Crippen LogP contribution is -2.13. The topological polar surface area (TPSA) is 64.0 Å². The Morgan fingerprint density at radius 3 is 2.50 bits per heavy atom. The lowest BCUT2D eigenvalue weighted by molar-refractivity contribution is 0.600. The van der Waals surface area contributed by atoms with Crippen molar-refractivity contribution >= 4 is 43.4 Å². The van der Waals surface area contributed by atoms with Gasteiger partial charge in [0.15, 0.2) is 5.82 Å². The second-order valence-corrected chi connectivity index (χ2v) is 8.05. The van der Waals surface area contributed by atoms with Crippen molar-refractivity contribution in [3.05, 3.63) is 75.9 Å². The van der Waals surface area contributed by atoms with Crippen LogP contribution in [0.3, 0.4) is 0 Å². The quantitative estimate of drug-likeness (QED) is 0.666. The number of nitrogens with zero attached hydrogens (tertiary/aromatic N) is 2. The van der Waals surface area contributed by atoms with Gasteiger partial charge in [0, 0.05) is 21.8 Å². The van der Waals surface area contributed by atoms with Gasteiger partial charge in [0.2, 0.25) is 0 Å². The van der Waals surface area contributed by atoms with Crippen LogP contribution in [-0.2, 0) is 16.6 Å². The van der Waals surface area contributed by atoms with Gasteiger partial charge in [-0.25, -0.2) is 8.42 Å². The van der Waals surface area contributed by atoms with Gasteiger partial charge in [-0.05, 0) is 35.9 Å². The molecule has 0 saturated heterocycles. The molecule has 3 aromatic rings. The van der Waals surface area contributed by atoms with E-state index in [-0.39, 0.29) is 10.7 Å². The number of aromatic nitrogens is 2. The van der Waals surface area contributed by atoms with E-state index >= 15 is 0 Å². The summed E-state index contributed by atoms with van der Waals surface area (Å²) in [5, 5.41) is 4.88. The normalized spacial score (nSPS) is 11.4. The van der Waals surface area contributed by atoms with Gasteiger partial charge in [0.25, 0.3) is 10.0 Å². The second-order valence-electron chi connectivity index (χ2n) is 5.05. The first-order valence-corrected chi connectivity index (χ1v) is 9.65. The van der Waals surface area contributed by atoms with Crippen molar-refractivity contribution in [3.8, 4) is 0 Å². The molecule has 0 fully saturated rings. The lowest BCUT2D eigenvalue weighted by atomic mass is 10.2. The number of sulfonamides is 1. The van der Waals surface area contributed by atoms with Crippen molar-refractivity contribution < 1.29 is 8.42 Å². The van der Waals surface area contributed by atoms with Gasteiger partial charge in [0.1, 0.15) is 0 Å². The van der Waals surface area contributed by atoms with Crippen LogP contribution in [0.5, 0.6) is 0 Å². The zero-order chi connectivity index (χ0) is 17.2. The number of hydrogen-bond donors (Lipinski definition) is 1. The Morgan fingerprint density at radius 1 is 1.08 bits per heavy atom. The third-order valence-corrected chi connectivity index (χ3v) is 5.56. The van der Waals surface area contributed by atoms with E-state index in [4.69, 9.17) is 11.6 Å². The minimum atomic E-state index is -3.67. The van der Waals surface area contributed by atoms with Crippen LogP contribution in [0.25, 0.3) is 0 Å². The molecule has 1 heterocycles. The largest absolute Gasteiger partial charge is 0.266 e. The third-order valence-electron chi connectivity index (χ3n) is 3.29. The monoisotopic (exact) mass is 425 g/mol. The van der Waals surface area contributed by atoms with E-state index in [2.05, 4.69) is 25.8 Å². The third kappa shape index (κ3) is 3.98. The standard InChI is InChI=1S/C16H13BrClN3O2S/c17-13-5-7-14(8-6-13)24(22,23)20-16-9-10-21(19-16)11-12-3-1-2-4-15(12)18/h1-10H,11H2,(H,19,20). The maximum atomic E-state index is 12.3. The number of halogens is 2. The van der Waals surface area contributed by atoms with Gasteiger partial charge in [-0.2, -0.15) is 5.10 Å². The number of rotatable bonds is 5. The molecule has 0 aliphatic rings. The zero-order valence-electron chi connectivity index (χ0n) is 12.4. The van der Waals surface area contributed by atoms with E-state index in [0.717, 1.165) is 10.0 Å². The summed E-state index contributed by atoms with van der Waals surface area (Å²) in [5.74, 6) is 0.255. The first kappa shape index (κ1) is 17.0. The highest BCUT2D eigenvalue weighted by Gasteiger charge is 2.15. The molecule has 0 saturated carbocycles. The summed E-state index contributed by atoms with van der Waals surface area (Å²) in [6.07, 6.45) is 1.70. The highest BCUT2D eigenvalue weighted by Crippen LogP contribution is 2.19. The molecular formula is C16H13BrClN3O2S. The van der Waals surface area contributed by atoms with Gasteiger partial charge in [-0.3, -0.25) is 9.40 Å². The summed E-state index contributed by atoms with van der Waals surface area (Å²) in [5.41, 5.74) is 0.907. The number of hydrogen-bond acceptors (Lipinski definition) is 3. The van der Waals surface area contributed by atoms with Crippen molar-refractivity contribution in [2.75, 3.05) is 4.72 Å². The van der Waals surface area contributed by atoms with E-state index in [1.807, 2.05) is 18.2 Å². The minimum absolute atomic E-state index is 0.173. The molecule has 0 atom stereocenters. The van der Waals surface area contributed by atoms with Gasteiger partial charge in [0.05, 0.1) is 11.4 Å². The summed E-state index contributed by atoms with van der Waals surface area (Å²) in [4.78, 5) is 0.173. The summed E-state index contributed by atoms with van der Waals surface area (Å²) in [7, 11) is -3.67. The van der Waals surface area contributed by atoms with Crippen LogP contribution in [-0.4, -0.2) is 18.2 Å². The van der Waals surface area contributed by atoms with Crippen LogP contribution in [0, 0.1) is 0 Å². The minimum Gasteiger partial charge on any atom is -0.266 e. The molecule has 2 aromatic carbocycles. The predicted molar refractivity (Wildman–Crippen MR) is 97.7 cm³/mol. The van der Waals surface area contributed by atoms with E-state index < -0.39 is 10.0 Å². The van der Waals surface area contributed by atoms with Crippen molar-refractivity contribution in [2.45, 2.75) is 11.4 Å². The Kier molecular flexibility index (Phi) is 4.93. The fraction of sp³-hybridized carbons (Fsp3) is 0.0625. The molecule has 0 radical (unpaired) electrons. The van der Waals surface area contributed by atoms with E-state index in [9.17, 15) is 8.42 Å². The van der Waals surface area contributed by atoms with Crippen LogP contribution in [0.2, 0.25) is 5.02 Å². The Bertz CT molecular complexity index is 955. The average molecular weight is 427 g/mol. The van der Waals surface area contributed by atoms with Crippen molar-refractivity contribution in [1.82, 2.24) is 9.78 Å². The molecular weight excluding hydrogens is 414 g/mol. The molecule has 0 unspecified atom stereocenters. The van der Waals surface area contributed by atoms with Crippen molar-refractivity contribution in [1.29, 1.82) is 0 Å². The molecule has 0 aliphatic carbocycles. The highest BCUT2D eigenvalue weighted by atomic mass is 79.9. The molecule has 0 spiro atoms. The van der Waals surface area contributed by atoms with Crippen LogP contribution in [0.1, 0.15) is 5.56 Å². The fourth-order valence-electron chi connectivity index (χ4n) is 2.12. The first-order valence-electron chi connectivity index (χ1n) is 6.99. The molecule has 1 N–H and O–H groups in total. The van der Waals surface area contributed by atoms with E-state index in [1.165, 1.54) is 12.1 Å². The van der Waals surface area contributed by atoms with Gasteiger partial charge < -0.3 is 0 Å². The number of anilines is 1. The summed E-state index contributed by atoms with van der Waals surface area (Å²) < 4.78 is 29.6. The predicted octanol–water partition coefficient (Wildman–Crippen LogP) is 4.15. The summed E-state index contributed by atoms with van der Waals surface area (Å²) >= 11 is 9.40. The maximum absolute atomic E-state index is 12.3. The molecule has 24 heavy (non-hydrogen) atoms. The molecule has 0 amide bonds. The lowest BCUT2D eigenvalue weighted by Gasteiger charge is -2.06. The van der Waals surface area contributed by atoms with Gasteiger partial charge in [-0.15, -0.1) is 0 Å². The van der Waals surface area contributed by atoms with Gasteiger partial charge in [-0.1, -0.05) is 45.7 Å². The molecule has 124 valence electrons. The molecule has 5 nitrogen and oxygen atoms in total. The van der Waals surface area contributed by atoms with Crippen LogP contribution < -0.4 is 4.72 Å².